The number of carbonyl (C=O) groups is 1. The van der Waals surface area contributed by atoms with Crippen molar-refractivity contribution < 1.29 is 9.53 Å². The average Bonchev–Trinajstić information content (AvgIpc) is 2.76. The first kappa shape index (κ1) is 11.7. The average molecular weight is 245 g/mol. The van der Waals surface area contributed by atoms with E-state index >= 15 is 0 Å². The van der Waals surface area contributed by atoms with Crippen molar-refractivity contribution in [3.8, 4) is 0 Å². The molecule has 2 aliphatic heterocycles. The normalized spacial score (nSPS) is 29.7. The number of benzene rings is 1. The number of hydrogen-bond acceptors (Lipinski definition) is 2. The number of ether oxygens (including phenoxy) is 1. The number of nitrogens with zero attached hydrogens (tertiary/aromatic N) is 1. The Balaban J connectivity index is 1.70. The molecule has 0 aliphatic carbocycles. The molecule has 18 heavy (non-hydrogen) atoms. The molecule has 1 amide bonds. The molecule has 1 aromatic rings. The third-order valence-electron chi connectivity index (χ3n) is 3.85. The zero-order valence-electron chi connectivity index (χ0n) is 10.9. The lowest BCUT2D eigenvalue weighted by Gasteiger charge is -2.23. The molecule has 0 spiro atoms. The molecule has 96 valence electrons. The van der Waals surface area contributed by atoms with E-state index in [4.69, 9.17) is 4.74 Å². The first-order chi connectivity index (χ1) is 8.55. The lowest BCUT2D eigenvalue weighted by Crippen LogP contribution is -2.33. The lowest BCUT2D eigenvalue weighted by atomic mass is 9.96. The summed E-state index contributed by atoms with van der Waals surface area (Å²) in [5, 5.41) is 0. The Hall–Kier alpha value is -1.35. The highest BCUT2D eigenvalue weighted by atomic mass is 16.5. The predicted molar refractivity (Wildman–Crippen MR) is 68.9 cm³/mol. The van der Waals surface area contributed by atoms with Crippen LogP contribution < -0.4 is 0 Å². The van der Waals surface area contributed by atoms with Crippen LogP contribution in [0.4, 0.5) is 0 Å². The number of likely N-dealkylation sites (tertiary alicyclic amines) is 1. The van der Waals surface area contributed by atoms with Crippen LogP contribution in [-0.4, -0.2) is 29.1 Å². The number of rotatable bonds is 2. The molecule has 2 unspecified atom stereocenters. The second kappa shape index (κ2) is 4.09. The van der Waals surface area contributed by atoms with Crippen LogP contribution in [0.2, 0.25) is 0 Å². The van der Waals surface area contributed by atoms with E-state index in [0.717, 1.165) is 13.0 Å². The highest BCUT2D eigenvalue weighted by Gasteiger charge is 2.50. The predicted octanol–water partition coefficient (Wildman–Crippen LogP) is 2.21. The fourth-order valence-corrected chi connectivity index (χ4v) is 3.14. The Morgan fingerprint density at radius 3 is 2.72 bits per heavy atom. The maximum absolute atomic E-state index is 12.3. The van der Waals surface area contributed by atoms with Crippen LogP contribution in [0.1, 0.15) is 25.8 Å². The van der Waals surface area contributed by atoms with Crippen molar-refractivity contribution in [3.63, 3.8) is 0 Å². The summed E-state index contributed by atoms with van der Waals surface area (Å²) in [4.78, 5) is 14.2. The van der Waals surface area contributed by atoms with Crippen molar-refractivity contribution in [2.75, 3.05) is 6.54 Å². The van der Waals surface area contributed by atoms with Crippen molar-refractivity contribution >= 4 is 5.91 Å². The Kier molecular flexibility index (Phi) is 2.67. The molecule has 0 radical (unpaired) electrons. The van der Waals surface area contributed by atoms with Crippen molar-refractivity contribution in [3.05, 3.63) is 35.9 Å². The fraction of sp³-hybridized carbons (Fsp3) is 0.533. The van der Waals surface area contributed by atoms with Crippen molar-refractivity contribution in [1.82, 2.24) is 4.90 Å². The van der Waals surface area contributed by atoms with Gasteiger partial charge < -0.3 is 9.64 Å². The number of amides is 1. The van der Waals surface area contributed by atoms with Gasteiger partial charge in [0.2, 0.25) is 0 Å². The molecular formula is C15H19NO2. The van der Waals surface area contributed by atoms with Gasteiger partial charge in [0, 0.05) is 19.0 Å². The summed E-state index contributed by atoms with van der Waals surface area (Å²) in [6.07, 6.45) is 0.776. The quantitative estimate of drug-likeness (QED) is 0.799. The fourth-order valence-electron chi connectivity index (χ4n) is 3.14. The third kappa shape index (κ3) is 2.03. The van der Waals surface area contributed by atoms with Crippen LogP contribution in [0.3, 0.4) is 0 Å². The highest BCUT2D eigenvalue weighted by Crippen LogP contribution is 2.40. The molecule has 3 rings (SSSR count). The molecule has 0 bridgehead atoms. The van der Waals surface area contributed by atoms with E-state index in [9.17, 15) is 4.79 Å². The number of carbonyl (C=O) groups excluding carboxylic acids is 1. The van der Waals surface area contributed by atoms with E-state index in [1.807, 2.05) is 23.1 Å². The minimum Gasteiger partial charge on any atom is -0.362 e. The molecule has 2 atom stereocenters. The third-order valence-corrected chi connectivity index (χ3v) is 3.85. The van der Waals surface area contributed by atoms with Gasteiger partial charge in [-0.15, -0.1) is 0 Å². The van der Waals surface area contributed by atoms with Crippen LogP contribution in [0, 0.1) is 5.92 Å². The molecule has 0 saturated carbocycles. The summed E-state index contributed by atoms with van der Waals surface area (Å²) in [7, 11) is 0. The summed E-state index contributed by atoms with van der Waals surface area (Å²) in [5.74, 6) is 0.533. The van der Waals surface area contributed by atoms with Gasteiger partial charge in [-0.05, 0) is 25.8 Å². The van der Waals surface area contributed by atoms with E-state index in [0.29, 0.717) is 12.5 Å². The van der Waals surface area contributed by atoms with Crippen LogP contribution >= 0.6 is 0 Å². The maximum atomic E-state index is 12.3. The Morgan fingerprint density at radius 2 is 2.06 bits per heavy atom. The first-order valence-corrected chi connectivity index (χ1v) is 6.56. The molecule has 0 N–H and O–H groups in total. The monoisotopic (exact) mass is 245 g/mol. The van der Waals surface area contributed by atoms with Crippen LogP contribution in [0.15, 0.2) is 30.3 Å². The Labute approximate surface area is 108 Å². The molecule has 1 aromatic carbocycles. The van der Waals surface area contributed by atoms with Gasteiger partial charge in [-0.3, -0.25) is 4.79 Å². The van der Waals surface area contributed by atoms with Gasteiger partial charge in [0.05, 0.1) is 5.60 Å². The van der Waals surface area contributed by atoms with E-state index in [1.165, 1.54) is 5.56 Å². The minimum absolute atomic E-state index is 0.135. The molecular weight excluding hydrogens is 226 g/mol. The van der Waals surface area contributed by atoms with Gasteiger partial charge in [-0.25, -0.2) is 0 Å². The second-order valence-electron chi connectivity index (χ2n) is 5.97. The topological polar surface area (TPSA) is 29.5 Å². The number of hydrogen-bond donors (Lipinski definition) is 0. The Bertz CT molecular complexity index is 455. The summed E-state index contributed by atoms with van der Waals surface area (Å²) >= 11 is 0. The standard InChI is InChI=1S/C15H19NO2/c1-15(2)8-12-10-16(14(17)13(12)18-15)9-11-6-4-3-5-7-11/h3-7,12-13H,8-10H2,1-2H3. The van der Waals surface area contributed by atoms with E-state index in [-0.39, 0.29) is 17.6 Å². The summed E-state index contributed by atoms with van der Waals surface area (Å²) in [5.41, 5.74) is 1.05. The molecule has 0 aromatic heterocycles. The maximum Gasteiger partial charge on any atom is 0.252 e. The lowest BCUT2D eigenvalue weighted by molar-refractivity contribution is -0.141. The SMILES string of the molecule is CC1(C)CC2CN(Cc3ccccc3)C(=O)C2O1. The Morgan fingerprint density at radius 1 is 1.33 bits per heavy atom. The van der Waals surface area contributed by atoms with Crippen LogP contribution in [0.5, 0.6) is 0 Å². The van der Waals surface area contributed by atoms with E-state index in [2.05, 4.69) is 26.0 Å². The smallest absolute Gasteiger partial charge is 0.252 e. The molecule has 3 nitrogen and oxygen atoms in total. The van der Waals surface area contributed by atoms with Crippen LogP contribution in [0.25, 0.3) is 0 Å². The summed E-state index contributed by atoms with van der Waals surface area (Å²) in [6.45, 7) is 5.68. The minimum atomic E-state index is -0.205. The number of fused-ring (bicyclic) bond motifs is 1. The van der Waals surface area contributed by atoms with Gasteiger partial charge in [-0.1, -0.05) is 30.3 Å². The van der Waals surface area contributed by atoms with Gasteiger partial charge in [-0.2, -0.15) is 0 Å². The molecule has 2 heterocycles. The first-order valence-electron chi connectivity index (χ1n) is 6.56. The van der Waals surface area contributed by atoms with E-state index in [1.54, 1.807) is 0 Å². The second-order valence-corrected chi connectivity index (χ2v) is 5.97. The molecule has 2 saturated heterocycles. The largest absolute Gasteiger partial charge is 0.362 e. The van der Waals surface area contributed by atoms with Crippen molar-refractivity contribution in [2.45, 2.75) is 38.5 Å². The van der Waals surface area contributed by atoms with Crippen LogP contribution in [-0.2, 0) is 16.1 Å². The van der Waals surface area contributed by atoms with Crippen molar-refractivity contribution in [1.29, 1.82) is 0 Å². The summed E-state index contributed by atoms with van der Waals surface area (Å²) in [6, 6.07) is 10.1. The molecule has 3 heteroatoms. The van der Waals surface area contributed by atoms with E-state index < -0.39 is 0 Å². The highest BCUT2D eigenvalue weighted by molar-refractivity contribution is 5.84. The van der Waals surface area contributed by atoms with Gasteiger partial charge >= 0.3 is 0 Å². The zero-order valence-corrected chi connectivity index (χ0v) is 10.9. The van der Waals surface area contributed by atoms with Gasteiger partial charge in [0.15, 0.2) is 0 Å². The summed E-state index contributed by atoms with van der Waals surface area (Å²) < 4.78 is 5.86. The van der Waals surface area contributed by atoms with Gasteiger partial charge in [0.25, 0.3) is 5.91 Å². The van der Waals surface area contributed by atoms with Crippen molar-refractivity contribution in [2.24, 2.45) is 5.92 Å². The molecule has 2 fully saturated rings. The zero-order chi connectivity index (χ0) is 12.8. The molecule has 2 aliphatic rings. The van der Waals surface area contributed by atoms with Gasteiger partial charge in [0.1, 0.15) is 6.10 Å².